The molecule has 0 radical (unpaired) electrons. The number of benzene rings is 1. The maximum absolute atomic E-state index is 6.06. The largest absolute Gasteiger partial charge is 0.380 e. The van der Waals surface area contributed by atoms with E-state index in [1.54, 1.807) is 12.1 Å². The van der Waals surface area contributed by atoms with E-state index in [4.69, 9.17) is 27.9 Å². The molecule has 90 valence electrons. The van der Waals surface area contributed by atoms with Crippen molar-refractivity contribution in [3.05, 3.63) is 26.7 Å². The minimum absolute atomic E-state index is 0.234. The van der Waals surface area contributed by atoms with E-state index in [1.165, 1.54) is 0 Å². The summed E-state index contributed by atoms with van der Waals surface area (Å²) >= 11 is 15.4. The molecule has 0 fully saturated rings. The standard InChI is InChI=1S/C11H14BrCl2NO/c1-7(2)16-4-3-15-11-9(13)5-8(12)6-10(11)14/h5-7,15H,3-4H2,1-2H3. The van der Waals surface area contributed by atoms with Crippen molar-refractivity contribution in [1.82, 2.24) is 0 Å². The van der Waals surface area contributed by atoms with Crippen molar-refractivity contribution >= 4 is 44.8 Å². The molecular formula is C11H14BrCl2NO. The van der Waals surface area contributed by atoms with Gasteiger partial charge in [0.25, 0.3) is 0 Å². The van der Waals surface area contributed by atoms with E-state index in [1.807, 2.05) is 13.8 Å². The van der Waals surface area contributed by atoms with E-state index in [9.17, 15) is 0 Å². The summed E-state index contributed by atoms with van der Waals surface area (Å²) < 4.78 is 6.28. The second kappa shape index (κ2) is 6.70. The molecule has 0 aliphatic carbocycles. The van der Waals surface area contributed by atoms with Crippen LogP contribution in [0.15, 0.2) is 16.6 Å². The second-order valence-electron chi connectivity index (χ2n) is 3.59. The third kappa shape index (κ3) is 4.50. The van der Waals surface area contributed by atoms with Crippen molar-refractivity contribution in [2.24, 2.45) is 0 Å². The fourth-order valence-corrected chi connectivity index (χ4v) is 2.52. The molecule has 5 heteroatoms. The van der Waals surface area contributed by atoms with E-state index in [2.05, 4.69) is 21.2 Å². The molecule has 16 heavy (non-hydrogen) atoms. The Morgan fingerprint density at radius 3 is 2.38 bits per heavy atom. The first-order valence-electron chi connectivity index (χ1n) is 5.00. The quantitative estimate of drug-likeness (QED) is 0.799. The normalized spacial score (nSPS) is 10.9. The van der Waals surface area contributed by atoms with Gasteiger partial charge in [0.05, 0.1) is 28.4 Å². The lowest BCUT2D eigenvalue weighted by atomic mass is 10.3. The zero-order valence-corrected chi connectivity index (χ0v) is 12.3. The van der Waals surface area contributed by atoms with Crippen LogP contribution in [0.25, 0.3) is 0 Å². The highest BCUT2D eigenvalue weighted by atomic mass is 79.9. The number of nitrogens with one attached hydrogen (secondary N) is 1. The maximum Gasteiger partial charge on any atom is 0.0720 e. The average Bonchev–Trinajstić information content (AvgIpc) is 2.14. The van der Waals surface area contributed by atoms with Crippen LogP contribution in [0.3, 0.4) is 0 Å². The minimum atomic E-state index is 0.234. The zero-order valence-electron chi connectivity index (χ0n) is 9.19. The van der Waals surface area contributed by atoms with Crippen LogP contribution in [-0.2, 0) is 4.74 Å². The number of hydrogen-bond acceptors (Lipinski definition) is 2. The summed E-state index contributed by atoms with van der Waals surface area (Å²) in [6.45, 7) is 5.30. The molecule has 0 amide bonds. The summed E-state index contributed by atoms with van der Waals surface area (Å²) in [5.41, 5.74) is 0.749. The smallest absolute Gasteiger partial charge is 0.0720 e. The van der Waals surface area contributed by atoms with Gasteiger partial charge in [0.2, 0.25) is 0 Å². The van der Waals surface area contributed by atoms with Crippen LogP contribution >= 0.6 is 39.1 Å². The summed E-state index contributed by atoms with van der Waals surface area (Å²) in [5, 5.41) is 4.36. The molecule has 1 aromatic rings. The second-order valence-corrected chi connectivity index (χ2v) is 5.32. The van der Waals surface area contributed by atoms with Gasteiger partial charge in [-0.3, -0.25) is 0 Å². The number of rotatable bonds is 5. The highest BCUT2D eigenvalue weighted by Gasteiger charge is 2.06. The first-order valence-corrected chi connectivity index (χ1v) is 6.55. The van der Waals surface area contributed by atoms with Crippen LogP contribution in [0.5, 0.6) is 0 Å². The van der Waals surface area contributed by atoms with Crippen molar-refractivity contribution in [3.63, 3.8) is 0 Å². The predicted octanol–water partition coefficient (Wildman–Crippen LogP) is 4.59. The molecule has 0 atom stereocenters. The van der Waals surface area contributed by atoms with Crippen molar-refractivity contribution in [3.8, 4) is 0 Å². The van der Waals surface area contributed by atoms with Crippen molar-refractivity contribution in [1.29, 1.82) is 0 Å². The molecule has 1 N–H and O–H groups in total. The van der Waals surface area contributed by atoms with Gasteiger partial charge in [-0.05, 0) is 26.0 Å². The lowest BCUT2D eigenvalue weighted by molar-refractivity contribution is 0.0870. The molecule has 0 aliphatic heterocycles. The van der Waals surface area contributed by atoms with Gasteiger partial charge < -0.3 is 10.1 Å². The molecule has 0 spiro atoms. The Balaban J connectivity index is 2.54. The lowest BCUT2D eigenvalue weighted by Crippen LogP contribution is -2.13. The monoisotopic (exact) mass is 325 g/mol. The first kappa shape index (κ1) is 14.1. The summed E-state index contributed by atoms with van der Waals surface area (Å²) in [4.78, 5) is 0. The lowest BCUT2D eigenvalue weighted by Gasteiger charge is -2.12. The van der Waals surface area contributed by atoms with E-state index >= 15 is 0 Å². The molecule has 0 saturated carbocycles. The molecule has 0 unspecified atom stereocenters. The highest BCUT2D eigenvalue weighted by molar-refractivity contribution is 9.10. The number of ether oxygens (including phenoxy) is 1. The molecule has 0 bridgehead atoms. The van der Waals surface area contributed by atoms with Gasteiger partial charge in [-0.1, -0.05) is 39.1 Å². The van der Waals surface area contributed by atoms with E-state index in [0.29, 0.717) is 23.2 Å². The first-order chi connectivity index (χ1) is 7.50. The van der Waals surface area contributed by atoms with E-state index < -0.39 is 0 Å². The topological polar surface area (TPSA) is 21.3 Å². The highest BCUT2D eigenvalue weighted by Crippen LogP contribution is 2.33. The zero-order chi connectivity index (χ0) is 12.1. The van der Waals surface area contributed by atoms with Gasteiger partial charge in [-0.2, -0.15) is 0 Å². The molecule has 1 aromatic carbocycles. The fourth-order valence-electron chi connectivity index (χ4n) is 1.18. The third-order valence-corrected chi connectivity index (χ3v) is 2.92. The Morgan fingerprint density at radius 1 is 1.31 bits per heavy atom. The average molecular weight is 327 g/mol. The molecule has 0 aliphatic rings. The van der Waals surface area contributed by atoms with Crippen LogP contribution in [0.4, 0.5) is 5.69 Å². The molecule has 0 saturated heterocycles. The van der Waals surface area contributed by atoms with E-state index in [0.717, 1.165) is 10.2 Å². The Kier molecular flexibility index (Phi) is 5.90. The number of anilines is 1. The van der Waals surface area contributed by atoms with Crippen molar-refractivity contribution < 1.29 is 4.74 Å². The van der Waals surface area contributed by atoms with Crippen molar-refractivity contribution in [2.45, 2.75) is 20.0 Å². The third-order valence-electron chi connectivity index (χ3n) is 1.86. The van der Waals surface area contributed by atoms with Crippen LogP contribution < -0.4 is 5.32 Å². The number of hydrogen-bond donors (Lipinski definition) is 1. The summed E-state index contributed by atoms with van der Waals surface area (Å²) in [6, 6.07) is 3.61. The van der Waals surface area contributed by atoms with Crippen LogP contribution in [-0.4, -0.2) is 19.3 Å². The van der Waals surface area contributed by atoms with Crippen LogP contribution in [0, 0.1) is 0 Å². The minimum Gasteiger partial charge on any atom is -0.380 e. The Labute approximate surface area is 114 Å². The van der Waals surface area contributed by atoms with Gasteiger partial charge in [-0.15, -0.1) is 0 Å². The molecule has 1 rings (SSSR count). The molecule has 0 heterocycles. The molecule has 2 nitrogen and oxygen atoms in total. The van der Waals surface area contributed by atoms with E-state index in [-0.39, 0.29) is 6.10 Å². The molecule has 0 aromatic heterocycles. The Bertz CT molecular complexity index is 335. The Hall–Kier alpha value is 0.0400. The van der Waals surface area contributed by atoms with Crippen LogP contribution in [0.1, 0.15) is 13.8 Å². The van der Waals surface area contributed by atoms with Gasteiger partial charge in [-0.25, -0.2) is 0 Å². The maximum atomic E-state index is 6.06. The summed E-state index contributed by atoms with van der Waals surface area (Å²) in [6.07, 6.45) is 0.234. The van der Waals surface area contributed by atoms with Crippen LogP contribution in [0.2, 0.25) is 10.0 Å². The predicted molar refractivity (Wildman–Crippen MR) is 73.7 cm³/mol. The fraction of sp³-hybridized carbons (Fsp3) is 0.455. The summed E-state index contributed by atoms with van der Waals surface area (Å²) in [5.74, 6) is 0. The van der Waals surface area contributed by atoms with Gasteiger partial charge >= 0.3 is 0 Å². The van der Waals surface area contributed by atoms with Gasteiger partial charge in [0.1, 0.15) is 0 Å². The van der Waals surface area contributed by atoms with Gasteiger partial charge in [0, 0.05) is 11.0 Å². The Morgan fingerprint density at radius 2 is 1.88 bits per heavy atom. The van der Waals surface area contributed by atoms with Crippen molar-refractivity contribution in [2.75, 3.05) is 18.5 Å². The number of halogens is 3. The SMILES string of the molecule is CC(C)OCCNc1c(Cl)cc(Br)cc1Cl. The summed E-state index contributed by atoms with van der Waals surface area (Å²) in [7, 11) is 0. The van der Waals surface area contributed by atoms with Gasteiger partial charge in [0.15, 0.2) is 0 Å². The molecular weight excluding hydrogens is 313 g/mol.